The van der Waals surface area contributed by atoms with Gasteiger partial charge in [0.25, 0.3) is 0 Å². The summed E-state index contributed by atoms with van der Waals surface area (Å²) in [5.41, 5.74) is 6.46. The van der Waals surface area contributed by atoms with E-state index in [4.69, 9.17) is 26.8 Å². The first-order valence-electron chi connectivity index (χ1n) is 6.54. The van der Waals surface area contributed by atoms with Crippen molar-refractivity contribution in [3.8, 4) is 5.75 Å². The Morgan fingerprint density at radius 1 is 1.37 bits per heavy atom. The largest absolute Gasteiger partial charge is 0.489 e. The fourth-order valence-electron chi connectivity index (χ4n) is 1.49. The van der Waals surface area contributed by atoms with Crippen LogP contribution in [0.2, 0.25) is 5.02 Å². The topological polar surface area (TPSA) is 64.7 Å². The lowest BCUT2D eigenvalue weighted by Crippen LogP contribution is -2.23. The van der Waals surface area contributed by atoms with Crippen molar-refractivity contribution in [2.24, 2.45) is 5.73 Å². The standard InChI is InChI=1S/C14H22ClNO3/c1-2-3-6-18-9-12(17)10-19-14-5-4-11(8-16)7-13(14)15/h4-5,7,12,17H,2-3,6,8-10,16H2,1H3. The van der Waals surface area contributed by atoms with Gasteiger partial charge in [0.15, 0.2) is 0 Å². The van der Waals surface area contributed by atoms with Crippen LogP contribution in [0.25, 0.3) is 0 Å². The van der Waals surface area contributed by atoms with Gasteiger partial charge in [0.1, 0.15) is 18.5 Å². The minimum absolute atomic E-state index is 0.161. The van der Waals surface area contributed by atoms with Gasteiger partial charge in [0.2, 0.25) is 0 Å². The highest BCUT2D eigenvalue weighted by atomic mass is 35.5. The molecule has 0 fully saturated rings. The van der Waals surface area contributed by atoms with E-state index in [2.05, 4.69) is 6.92 Å². The lowest BCUT2D eigenvalue weighted by atomic mass is 10.2. The first-order valence-corrected chi connectivity index (χ1v) is 6.92. The Hall–Kier alpha value is -0.810. The molecule has 1 aromatic rings. The van der Waals surface area contributed by atoms with E-state index in [0.717, 1.165) is 18.4 Å². The fourth-order valence-corrected chi connectivity index (χ4v) is 1.75. The fraction of sp³-hybridized carbons (Fsp3) is 0.571. The second-order valence-electron chi connectivity index (χ2n) is 4.36. The average Bonchev–Trinajstić information content (AvgIpc) is 2.42. The molecule has 0 radical (unpaired) electrons. The summed E-state index contributed by atoms with van der Waals surface area (Å²) in [5, 5.41) is 10.2. The van der Waals surface area contributed by atoms with Crippen LogP contribution in [-0.2, 0) is 11.3 Å². The number of hydrogen-bond acceptors (Lipinski definition) is 4. The predicted molar refractivity (Wildman–Crippen MR) is 76.6 cm³/mol. The van der Waals surface area contributed by atoms with E-state index in [0.29, 0.717) is 23.9 Å². The first-order chi connectivity index (χ1) is 9.17. The molecule has 0 spiro atoms. The Bertz CT molecular complexity index is 374. The Kier molecular flexibility index (Phi) is 7.82. The maximum absolute atomic E-state index is 9.69. The van der Waals surface area contributed by atoms with Gasteiger partial charge in [-0.3, -0.25) is 0 Å². The highest BCUT2D eigenvalue weighted by Crippen LogP contribution is 2.25. The molecule has 0 saturated heterocycles. The quantitative estimate of drug-likeness (QED) is 0.684. The molecule has 4 nitrogen and oxygen atoms in total. The third-order valence-electron chi connectivity index (χ3n) is 2.62. The molecule has 0 aliphatic rings. The van der Waals surface area contributed by atoms with E-state index < -0.39 is 6.10 Å². The van der Waals surface area contributed by atoms with E-state index >= 15 is 0 Å². The molecular formula is C14H22ClNO3. The molecule has 0 heterocycles. The summed E-state index contributed by atoms with van der Waals surface area (Å²) in [6.45, 7) is 3.63. The summed E-state index contributed by atoms with van der Waals surface area (Å²) in [6, 6.07) is 5.38. The van der Waals surface area contributed by atoms with Gasteiger partial charge in [-0.05, 0) is 24.1 Å². The number of aliphatic hydroxyl groups is 1. The van der Waals surface area contributed by atoms with Crippen molar-refractivity contribution < 1.29 is 14.6 Å². The molecule has 1 rings (SSSR count). The van der Waals surface area contributed by atoms with E-state index in [1.54, 1.807) is 12.1 Å². The molecule has 19 heavy (non-hydrogen) atoms. The molecule has 3 N–H and O–H groups in total. The molecule has 5 heteroatoms. The second kappa shape index (κ2) is 9.15. The van der Waals surface area contributed by atoms with Crippen LogP contribution < -0.4 is 10.5 Å². The SMILES string of the molecule is CCCCOCC(O)COc1ccc(CN)cc1Cl. The lowest BCUT2D eigenvalue weighted by Gasteiger charge is -2.14. The lowest BCUT2D eigenvalue weighted by molar-refractivity contribution is 0.0113. The zero-order chi connectivity index (χ0) is 14.1. The van der Waals surface area contributed by atoms with Gasteiger partial charge in [-0.1, -0.05) is 31.0 Å². The average molecular weight is 288 g/mol. The molecule has 1 atom stereocenters. The van der Waals surface area contributed by atoms with Crippen molar-refractivity contribution in [2.45, 2.75) is 32.4 Å². The minimum Gasteiger partial charge on any atom is -0.489 e. The van der Waals surface area contributed by atoms with Gasteiger partial charge >= 0.3 is 0 Å². The van der Waals surface area contributed by atoms with Gasteiger partial charge in [-0.25, -0.2) is 0 Å². The highest BCUT2D eigenvalue weighted by molar-refractivity contribution is 6.32. The number of benzene rings is 1. The Labute approximate surface area is 119 Å². The van der Waals surface area contributed by atoms with Gasteiger partial charge in [0.05, 0.1) is 11.6 Å². The number of aliphatic hydroxyl groups excluding tert-OH is 1. The first kappa shape index (κ1) is 16.2. The third-order valence-corrected chi connectivity index (χ3v) is 2.91. The van der Waals surface area contributed by atoms with Crippen molar-refractivity contribution in [3.05, 3.63) is 28.8 Å². The maximum atomic E-state index is 9.69. The molecule has 108 valence electrons. The molecule has 0 amide bonds. The number of unbranched alkanes of at least 4 members (excludes halogenated alkanes) is 1. The molecule has 0 bridgehead atoms. The molecule has 0 aromatic heterocycles. The highest BCUT2D eigenvalue weighted by Gasteiger charge is 2.08. The van der Waals surface area contributed by atoms with Crippen molar-refractivity contribution in [1.82, 2.24) is 0 Å². The number of halogens is 1. The second-order valence-corrected chi connectivity index (χ2v) is 4.77. The van der Waals surface area contributed by atoms with Crippen LogP contribution in [0.4, 0.5) is 0 Å². The molecule has 0 saturated carbocycles. The third kappa shape index (κ3) is 6.25. The van der Waals surface area contributed by atoms with Gasteiger partial charge in [-0.15, -0.1) is 0 Å². The van der Waals surface area contributed by atoms with Crippen molar-refractivity contribution in [3.63, 3.8) is 0 Å². The minimum atomic E-state index is -0.651. The smallest absolute Gasteiger partial charge is 0.138 e. The molecule has 0 aliphatic carbocycles. The van der Waals surface area contributed by atoms with Gasteiger partial charge in [-0.2, -0.15) is 0 Å². The van der Waals surface area contributed by atoms with Gasteiger partial charge in [0, 0.05) is 13.2 Å². The normalized spacial score (nSPS) is 12.4. The summed E-state index contributed by atoms with van der Waals surface area (Å²) in [6.07, 6.45) is 1.43. The number of nitrogens with two attached hydrogens (primary N) is 1. The van der Waals surface area contributed by atoms with Crippen molar-refractivity contribution in [1.29, 1.82) is 0 Å². The Morgan fingerprint density at radius 2 is 2.16 bits per heavy atom. The van der Waals surface area contributed by atoms with E-state index in [-0.39, 0.29) is 13.2 Å². The van der Waals surface area contributed by atoms with E-state index in [1.165, 1.54) is 0 Å². The Balaban J connectivity index is 2.31. The van der Waals surface area contributed by atoms with E-state index in [9.17, 15) is 5.11 Å². The molecule has 1 unspecified atom stereocenters. The monoisotopic (exact) mass is 287 g/mol. The van der Waals surface area contributed by atoms with Crippen molar-refractivity contribution in [2.75, 3.05) is 19.8 Å². The van der Waals surface area contributed by atoms with Crippen LogP contribution in [0.15, 0.2) is 18.2 Å². The van der Waals surface area contributed by atoms with E-state index in [1.807, 2.05) is 6.07 Å². The zero-order valence-electron chi connectivity index (χ0n) is 11.3. The summed E-state index contributed by atoms with van der Waals surface area (Å²) in [5.74, 6) is 0.548. The van der Waals surface area contributed by atoms with Crippen LogP contribution in [0.1, 0.15) is 25.3 Å². The summed E-state index contributed by atoms with van der Waals surface area (Å²) in [4.78, 5) is 0. The molecule has 0 aliphatic heterocycles. The molecule has 1 aromatic carbocycles. The maximum Gasteiger partial charge on any atom is 0.138 e. The number of ether oxygens (including phenoxy) is 2. The Morgan fingerprint density at radius 3 is 2.79 bits per heavy atom. The zero-order valence-corrected chi connectivity index (χ0v) is 12.0. The van der Waals surface area contributed by atoms with Crippen LogP contribution in [0, 0.1) is 0 Å². The van der Waals surface area contributed by atoms with Gasteiger partial charge < -0.3 is 20.3 Å². The van der Waals surface area contributed by atoms with Crippen molar-refractivity contribution >= 4 is 11.6 Å². The molecular weight excluding hydrogens is 266 g/mol. The van der Waals surface area contributed by atoms with Crippen LogP contribution in [0.3, 0.4) is 0 Å². The summed E-state index contributed by atoms with van der Waals surface area (Å²) >= 11 is 6.04. The van der Waals surface area contributed by atoms with Crippen LogP contribution in [-0.4, -0.2) is 31.0 Å². The summed E-state index contributed by atoms with van der Waals surface area (Å²) in [7, 11) is 0. The summed E-state index contributed by atoms with van der Waals surface area (Å²) < 4.78 is 10.8. The number of hydrogen-bond donors (Lipinski definition) is 2. The van der Waals surface area contributed by atoms with Crippen LogP contribution >= 0.6 is 11.6 Å². The number of rotatable bonds is 9. The van der Waals surface area contributed by atoms with Crippen LogP contribution in [0.5, 0.6) is 5.75 Å². The predicted octanol–water partition coefficient (Wildman–Crippen LogP) is 2.36.